The zero-order valence-electron chi connectivity index (χ0n) is 12.0. The fourth-order valence-corrected chi connectivity index (χ4v) is 2.23. The third-order valence-corrected chi connectivity index (χ3v) is 3.97. The van der Waals surface area contributed by atoms with Crippen LogP contribution in [-0.4, -0.2) is 36.1 Å². The van der Waals surface area contributed by atoms with E-state index in [-0.39, 0.29) is 11.7 Å². The molecule has 1 heterocycles. The van der Waals surface area contributed by atoms with Crippen LogP contribution < -0.4 is 0 Å². The maximum atomic E-state index is 10.6. The van der Waals surface area contributed by atoms with Gasteiger partial charge in [-0.25, -0.2) is 0 Å². The Morgan fingerprint density at radius 1 is 1.47 bits per heavy atom. The van der Waals surface area contributed by atoms with Crippen LogP contribution >= 0.6 is 0 Å². The molecule has 3 heteroatoms. The molecule has 0 aromatic carbocycles. The van der Waals surface area contributed by atoms with Gasteiger partial charge in [0.25, 0.3) is 0 Å². The van der Waals surface area contributed by atoms with E-state index in [1.165, 1.54) is 0 Å². The Kier molecular flexibility index (Phi) is 4.99. The van der Waals surface area contributed by atoms with Crippen LogP contribution in [0.25, 0.3) is 0 Å². The van der Waals surface area contributed by atoms with Crippen molar-refractivity contribution in [2.24, 2.45) is 5.92 Å². The summed E-state index contributed by atoms with van der Waals surface area (Å²) in [5, 5.41) is 10.6. The topological polar surface area (TPSA) is 38.7 Å². The second-order valence-corrected chi connectivity index (χ2v) is 6.30. The number of aliphatic hydroxyl groups is 1. The first-order valence-electron chi connectivity index (χ1n) is 6.67. The smallest absolute Gasteiger partial charge is 0.0695 e. The summed E-state index contributed by atoms with van der Waals surface area (Å²) < 4.78 is 11.1. The molecule has 17 heavy (non-hydrogen) atoms. The van der Waals surface area contributed by atoms with Gasteiger partial charge in [0.1, 0.15) is 0 Å². The molecule has 0 spiro atoms. The largest absolute Gasteiger partial charge is 0.390 e. The first kappa shape index (κ1) is 14.9. The Labute approximate surface area is 105 Å². The van der Waals surface area contributed by atoms with Gasteiger partial charge in [-0.2, -0.15) is 0 Å². The van der Waals surface area contributed by atoms with E-state index in [1.54, 1.807) is 7.11 Å². The number of ether oxygens (including phenoxy) is 2. The van der Waals surface area contributed by atoms with Crippen LogP contribution in [0.4, 0.5) is 0 Å². The van der Waals surface area contributed by atoms with Gasteiger partial charge >= 0.3 is 0 Å². The molecule has 1 fully saturated rings. The van der Waals surface area contributed by atoms with Crippen molar-refractivity contribution in [3.8, 4) is 0 Å². The zero-order chi connectivity index (χ0) is 13.1. The molecule has 0 aromatic heterocycles. The fourth-order valence-electron chi connectivity index (χ4n) is 2.23. The molecule has 0 saturated carbocycles. The summed E-state index contributed by atoms with van der Waals surface area (Å²) in [5.41, 5.74) is -0.718. The van der Waals surface area contributed by atoms with E-state index in [1.807, 2.05) is 0 Å². The van der Waals surface area contributed by atoms with Crippen LogP contribution in [0.1, 0.15) is 53.4 Å². The number of methoxy groups -OCH3 is 1. The van der Waals surface area contributed by atoms with E-state index in [0.717, 1.165) is 25.7 Å². The van der Waals surface area contributed by atoms with Crippen LogP contribution in [0.5, 0.6) is 0 Å². The summed E-state index contributed by atoms with van der Waals surface area (Å²) in [6, 6.07) is 0. The van der Waals surface area contributed by atoms with Crippen LogP contribution in [0.3, 0.4) is 0 Å². The number of hydrogen-bond acceptors (Lipinski definition) is 3. The molecular formula is C14H28O3. The molecule has 0 bridgehead atoms. The van der Waals surface area contributed by atoms with Gasteiger partial charge in [-0.1, -0.05) is 13.8 Å². The maximum absolute atomic E-state index is 10.6. The van der Waals surface area contributed by atoms with Gasteiger partial charge in [-0.05, 0) is 39.0 Å². The highest BCUT2D eigenvalue weighted by Gasteiger charge is 2.37. The minimum absolute atomic E-state index is 0.151. The van der Waals surface area contributed by atoms with Crippen molar-refractivity contribution in [1.29, 1.82) is 0 Å². The quantitative estimate of drug-likeness (QED) is 0.808. The molecule has 2 unspecified atom stereocenters. The van der Waals surface area contributed by atoms with Gasteiger partial charge in [0, 0.05) is 20.1 Å². The Morgan fingerprint density at radius 3 is 2.65 bits per heavy atom. The average Bonchev–Trinajstić information content (AvgIpc) is 2.27. The van der Waals surface area contributed by atoms with Crippen LogP contribution in [0.15, 0.2) is 0 Å². The van der Waals surface area contributed by atoms with E-state index in [4.69, 9.17) is 9.47 Å². The minimum atomic E-state index is -0.566. The molecule has 0 amide bonds. The van der Waals surface area contributed by atoms with Crippen molar-refractivity contribution >= 4 is 0 Å². The molecule has 3 nitrogen and oxygen atoms in total. The molecule has 0 aliphatic carbocycles. The van der Waals surface area contributed by atoms with E-state index in [9.17, 15) is 5.11 Å². The Hall–Kier alpha value is -0.120. The lowest BCUT2D eigenvalue weighted by molar-refractivity contribution is -0.127. The molecule has 1 saturated heterocycles. The Balaban J connectivity index is 2.50. The third-order valence-electron chi connectivity index (χ3n) is 3.97. The summed E-state index contributed by atoms with van der Waals surface area (Å²) in [5.74, 6) is 0.470. The summed E-state index contributed by atoms with van der Waals surface area (Å²) in [6.07, 6.45) is 3.37. The molecule has 1 aliphatic rings. The molecule has 1 N–H and O–H groups in total. The highest BCUT2D eigenvalue weighted by molar-refractivity contribution is 4.88. The lowest BCUT2D eigenvalue weighted by Crippen LogP contribution is -2.43. The summed E-state index contributed by atoms with van der Waals surface area (Å²) in [4.78, 5) is 0. The van der Waals surface area contributed by atoms with Gasteiger partial charge < -0.3 is 14.6 Å². The van der Waals surface area contributed by atoms with Crippen molar-refractivity contribution in [2.45, 2.75) is 70.7 Å². The first-order valence-corrected chi connectivity index (χ1v) is 6.67. The molecule has 0 aromatic rings. The van der Waals surface area contributed by atoms with Crippen LogP contribution in [-0.2, 0) is 9.47 Å². The first-order chi connectivity index (χ1) is 7.78. The second-order valence-electron chi connectivity index (χ2n) is 6.30. The predicted octanol–water partition coefficient (Wildman–Crippen LogP) is 2.76. The van der Waals surface area contributed by atoms with Crippen molar-refractivity contribution in [3.63, 3.8) is 0 Å². The van der Waals surface area contributed by atoms with Crippen LogP contribution in [0.2, 0.25) is 0 Å². The van der Waals surface area contributed by atoms with Gasteiger partial charge in [-0.3, -0.25) is 0 Å². The van der Waals surface area contributed by atoms with E-state index < -0.39 is 5.60 Å². The SMILES string of the molecule is COC(C)(C)CCC1(O)CCOC(C(C)C)C1. The Bertz CT molecular complexity index is 238. The van der Waals surface area contributed by atoms with Crippen molar-refractivity contribution in [3.05, 3.63) is 0 Å². The molecule has 102 valence electrons. The fraction of sp³-hybridized carbons (Fsp3) is 1.00. The molecule has 1 aliphatic heterocycles. The summed E-state index contributed by atoms with van der Waals surface area (Å²) >= 11 is 0. The average molecular weight is 244 g/mol. The standard InChI is InChI=1S/C14H28O3/c1-11(2)12-10-14(15,8-9-17-12)7-6-13(3,4)16-5/h11-12,15H,6-10H2,1-5H3. The van der Waals surface area contributed by atoms with E-state index in [0.29, 0.717) is 12.5 Å². The number of rotatable bonds is 5. The Morgan fingerprint density at radius 2 is 2.12 bits per heavy atom. The molecular weight excluding hydrogens is 216 g/mol. The normalized spacial score (nSPS) is 30.9. The maximum Gasteiger partial charge on any atom is 0.0695 e. The predicted molar refractivity (Wildman–Crippen MR) is 69.1 cm³/mol. The lowest BCUT2D eigenvalue weighted by atomic mass is 9.81. The van der Waals surface area contributed by atoms with Crippen molar-refractivity contribution in [1.82, 2.24) is 0 Å². The summed E-state index contributed by atoms with van der Waals surface area (Å²) in [6.45, 7) is 9.10. The third kappa shape index (κ3) is 4.57. The van der Waals surface area contributed by atoms with Gasteiger partial charge in [-0.15, -0.1) is 0 Å². The number of hydrogen-bond donors (Lipinski definition) is 1. The van der Waals surface area contributed by atoms with Crippen molar-refractivity contribution in [2.75, 3.05) is 13.7 Å². The van der Waals surface area contributed by atoms with Crippen LogP contribution in [0, 0.1) is 5.92 Å². The summed E-state index contributed by atoms with van der Waals surface area (Å²) in [7, 11) is 1.73. The second kappa shape index (κ2) is 5.68. The van der Waals surface area contributed by atoms with Gasteiger partial charge in [0.05, 0.1) is 17.3 Å². The van der Waals surface area contributed by atoms with E-state index >= 15 is 0 Å². The minimum Gasteiger partial charge on any atom is -0.390 e. The molecule has 2 atom stereocenters. The monoisotopic (exact) mass is 244 g/mol. The van der Waals surface area contributed by atoms with Gasteiger partial charge in [0.2, 0.25) is 0 Å². The van der Waals surface area contributed by atoms with E-state index in [2.05, 4.69) is 27.7 Å². The molecule has 1 rings (SSSR count). The van der Waals surface area contributed by atoms with Gasteiger partial charge in [0.15, 0.2) is 0 Å². The lowest BCUT2D eigenvalue weighted by Gasteiger charge is -2.40. The van der Waals surface area contributed by atoms with Crippen molar-refractivity contribution < 1.29 is 14.6 Å². The molecule has 0 radical (unpaired) electrons. The highest BCUT2D eigenvalue weighted by atomic mass is 16.5. The highest BCUT2D eigenvalue weighted by Crippen LogP contribution is 2.34. The zero-order valence-corrected chi connectivity index (χ0v) is 12.0.